The van der Waals surface area contributed by atoms with Gasteiger partial charge in [-0.25, -0.2) is 4.79 Å². The first-order chi connectivity index (χ1) is 9.49. The number of aromatic nitrogens is 2. The number of nitrogens with one attached hydrogen (secondary N) is 1. The highest BCUT2D eigenvalue weighted by Gasteiger charge is 2.43. The Balaban J connectivity index is 2.46. The summed E-state index contributed by atoms with van der Waals surface area (Å²) in [7, 11) is 0. The highest BCUT2D eigenvalue weighted by atomic mass is 127. The first-order valence-corrected chi connectivity index (χ1v) is 7.38. The van der Waals surface area contributed by atoms with Crippen LogP contribution < -0.4 is 11.2 Å². The van der Waals surface area contributed by atoms with E-state index in [1.807, 2.05) is 22.6 Å². The predicted molar refractivity (Wildman–Crippen MR) is 81.0 cm³/mol. The Morgan fingerprint density at radius 2 is 2.25 bits per heavy atom. The summed E-state index contributed by atoms with van der Waals surface area (Å²) in [5.74, 6) is 0. The Morgan fingerprint density at radius 1 is 1.55 bits per heavy atom. The Morgan fingerprint density at radius 3 is 2.80 bits per heavy atom. The van der Waals surface area contributed by atoms with E-state index in [1.54, 1.807) is 0 Å². The molecule has 1 aromatic rings. The number of ether oxygens (including phenoxy) is 1. The molecule has 2 heterocycles. The number of rotatable bonds is 3. The van der Waals surface area contributed by atoms with Gasteiger partial charge in [-0.1, -0.05) is 34.2 Å². The largest absolute Gasteiger partial charge is 0.394 e. The van der Waals surface area contributed by atoms with Crippen molar-refractivity contribution in [3.8, 4) is 0 Å². The van der Waals surface area contributed by atoms with Crippen LogP contribution in [0.1, 0.15) is 11.8 Å². The van der Waals surface area contributed by atoms with E-state index in [-0.39, 0.29) is 16.1 Å². The average molecular weight is 415 g/mol. The maximum Gasteiger partial charge on any atom is 0.330 e. The molecule has 0 bridgehead atoms. The van der Waals surface area contributed by atoms with Crippen LogP contribution in [0.3, 0.4) is 0 Å². The van der Waals surface area contributed by atoms with E-state index in [2.05, 4.69) is 4.98 Å². The molecule has 1 aliphatic heterocycles. The summed E-state index contributed by atoms with van der Waals surface area (Å²) < 4.78 is 6.17. The van der Waals surface area contributed by atoms with E-state index in [4.69, 9.17) is 21.4 Å². The first-order valence-electron chi connectivity index (χ1n) is 5.70. The van der Waals surface area contributed by atoms with Crippen LogP contribution in [-0.4, -0.2) is 42.5 Å². The van der Waals surface area contributed by atoms with E-state index in [9.17, 15) is 14.7 Å². The van der Waals surface area contributed by atoms with Gasteiger partial charge in [-0.3, -0.25) is 14.3 Å². The van der Waals surface area contributed by atoms with Crippen LogP contribution in [0.5, 0.6) is 0 Å². The third kappa shape index (κ3) is 2.84. The van der Waals surface area contributed by atoms with Gasteiger partial charge in [0.05, 0.1) is 22.2 Å². The van der Waals surface area contributed by atoms with Gasteiger partial charge >= 0.3 is 5.69 Å². The predicted octanol–water partition coefficient (Wildman–Crippen LogP) is -0.200. The second-order valence-corrected chi connectivity index (χ2v) is 5.92. The number of halogens is 2. The van der Waals surface area contributed by atoms with Crippen molar-refractivity contribution >= 4 is 40.3 Å². The fourth-order valence-electron chi connectivity index (χ4n) is 1.96. The molecule has 0 amide bonds. The van der Waals surface area contributed by atoms with Crippen LogP contribution in [0, 0.1) is 0 Å². The van der Waals surface area contributed by atoms with Gasteiger partial charge in [0.15, 0.2) is 6.23 Å². The van der Waals surface area contributed by atoms with E-state index < -0.39 is 29.7 Å². The zero-order valence-corrected chi connectivity index (χ0v) is 13.0. The molecule has 0 saturated carbocycles. The van der Waals surface area contributed by atoms with Crippen LogP contribution in [-0.2, 0) is 4.74 Å². The lowest BCUT2D eigenvalue weighted by atomic mass is 10.2. The van der Waals surface area contributed by atoms with Crippen molar-refractivity contribution in [3.05, 3.63) is 38.1 Å². The monoisotopic (exact) mass is 414 g/mol. The van der Waals surface area contributed by atoms with Gasteiger partial charge in [-0.15, -0.1) is 0 Å². The first kappa shape index (κ1) is 15.7. The van der Waals surface area contributed by atoms with Gasteiger partial charge < -0.3 is 14.9 Å². The second-order valence-electron chi connectivity index (χ2n) is 4.23. The number of H-pyrrole nitrogens is 1. The number of aliphatic hydroxyl groups is 2. The molecule has 0 unspecified atom stereocenters. The van der Waals surface area contributed by atoms with Gasteiger partial charge in [0, 0.05) is 11.7 Å². The van der Waals surface area contributed by atoms with Crippen molar-refractivity contribution in [2.45, 2.75) is 22.4 Å². The number of aliphatic hydroxyl groups excluding tert-OH is 2. The number of hydrogen-bond acceptors (Lipinski definition) is 5. The lowest BCUT2D eigenvalue weighted by Crippen LogP contribution is -2.37. The van der Waals surface area contributed by atoms with Crippen molar-refractivity contribution in [2.24, 2.45) is 0 Å². The highest BCUT2D eigenvalue weighted by Crippen LogP contribution is 2.33. The topological polar surface area (TPSA) is 105 Å². The van der Waals surface area contributed by atoms with E-state index in [0.717, 1.165) is 10.1 Å². The summed E-state index contributed by atoms with van der Waals surface area (Å²) in [6, 6.07) is 0. The molecule has 110 valence electrons. The van der Waals surface area contributed by atoms with Crippen molar-refractivity contribution < 1.29 is 14.9 Å². The van der Waals surface area contributed by atoms with Gasteiger partial charge in [0.2, 0.25) is 0 Å². The third-order valence-corrected chi connectivity index (χ3v) is 4.64. The third-order valence-electron chi connectivity index (χ3n) is 2.98. The van der Waals surface area contributed by atoms with Crippen LogP contribution >= 0.6 is 34.2 Å². The summed E-state index contributed by atoms with van der Waals surface area (Å²) in [5.41, 5.74) is 0.0179. The molecule has 1 aromatic heterocycles. The average Bonchev–Trinajstić information content (AvgIpc) is 2.70. The fourth-order valence-corrected chi connectivity index (χ4v) is 2.85. The van der Waals surface area contributed by atoms with Crippen molar-refractivity contribution in [2.75, 3.05) is 6.61 Å². The maximum atomic E-state index is 11.8. The minimum Gasteiger partial charge on any atom is -0.394 e. The van der Waals surface area contributed by atoms with Crippen molar-refractivity contribution in [1.29, 1.82) is 0 Å². The highest BCUT2D eigenvalue weighted by molar-refractivity contribution is 14.1. The number of aromatic amines is 1. The minimum absolute atomic E-state index is 0.160. The molecular formula is C11H12ClIN2O5. The van der Waals surface area contributed by atoms with Crippen LogP contribution in [0.25, 0.3) is 6.08 Å². The molecule has 2 rings (SSSR count). The summed E-state index contributed by atoms with van der Waals surface area (Å²) in [4.78, 5) is 25.5. The Hall–Kier alpha value is -0.680. The summed E-state index contributed by atoms with van der Waals surface area (Å²) in [6.07, 6.45) is 0.0475. The summed E-state index contributed by atoms with van der Waals surface area (Å²) in [6.45, 7) is -0.270. The molecule has 0 aliphatic carbocycles. The molecule has 9 heteroatoms. The molecule has 1 aliphatic rings. The molecule has 3 N–H and O–H groups in total. The molecule has 0 aromatic carbocycles. The summed E-state index contributed by atoms with van der Waals surface area (Å²) in [5, 5.41) is 19.2. The zero-order valence-electron chi connectivity index (χ0n) is 10.1. The van der Waals surface area contributed by atoms with E-state index >= 15 is 0 Å². The van der Waals surface area contributed by atoms with Crippen LogP contribution in [0.2, 0.25) is 0 Å². The minimum atomic E-state index is -0.982. The van der Waals surface area contributed by atoms with Gasteiger partial charge in [0.25, 0.3) is 5.56 Å². The SMILES string of the molecule is O=c1[nH]c(=O)n([C@@H]2O[C@H](CO)[C@@H](I)[C@H]2O)cc1C=CCl. The molecule has 4 atom stereocenters. The second kappa shape index (κ2) is 6.39. The molecule has 1 fully saturated rings. The maximum absolute atomic E-state index is 11.8. The lowest BCUT2D eigenvalue weighted by Gasteiger charge is -2.17. The Labute approximate surface area is 132 Å². The molecule has 0 radical (unpaired) electrons. The van der Waals surface area contributed by atoms with Crippen molar-refractivity contribution in [1.82, 2.24) is 9.55 Å². The smallest absolute Gasteiger partial charge is 0.330 e. The van der Waals surface area contributed by atoms with Gasteiger partial charge in [-0.2, -0.15) is 0 Å². The van der Waals surface area contributed by atoms with Crippen molar-refractivity contribution in [3.63, 3.8) is 0 Å². The molecule has 7 nitrogen and oxygen atoms in total. The quantitative estimate of drug-likeness (QED) is 0.469. The van der Waals surface area contributed by atoms with Crippen LogP contribution in [0.15, 0.2) is 21.3 Å². The standard InChI is InChI=1S/C11H12ClIN2O5/c12-2-1-5-3-15(11(19)14-9(5)18)10-8(17)7(13)6(4-16)20-10/h1-3,6-8,10,16-17H,4H2,(H,14,18,19)/t6-,7-,8-,10-/m1/s1. The van der Waals surface area contributed by atoms with E-state index in [1.165, 1.54) is 12.3 Å². The summed E-state index contributed by atoms with van der Waals surface area (Å²) >= 11 is 7.37. The normalized spacial score (nSPS) is 30.2. The molecule has 20 heavy (non-hydrogen) atoms. The Kier molecular flexibility index (Phi) is 5.02. The zero-order chi connectivity index (χ0) is 14.9. The lowest BCUT2D eigenvalue weighted by molar-refractivity contribution is -0.0530. The van der Waals surface area contributed by atoms with E-state index in [0.29, 0.717) is 0 Å². The number of hydrogen-bond donors (Lipinski definition) is 3. The fraction of sp³-hybridized carbons (Fsp3) is 0.455. The van der Waals surface area contributed by atoms with Crippen LogP contribution in [0.4, 0.5) is 0 Å². The Bertz CT molecular complexity index is 628. The number of alkyl halides is 1. The molecule has 1 saturated heterocycles. The molecule has 0 spiro atoms. The number of nitrogens with zero attached hydrogens (tertiary/aromatic N) is 1. The van der Waals surface area contributed by atoms with Gasteiger partial charge in [0.1, 0.15) is 6.10 Å². The molecular weight excluding hydrogens is 402 g/mol. The van der Waals surface area contributed by atoms with Gasteiger partial charge in [-0.05, 0) is 6.08 Å².